The lowest BCUT2D eigenvalue weighted by Crippen LogP contribution is -2.53. The Hall–Kier alpha value is -0.0300. The summed E-state index contributed by atoms with van der Waals surface area (Å²) in [6.07, 6.45) is 1.39. The molecule has 0 bridgehead atoms. The highest BCUT2D eigenvalue weighted by Gasteiger charge is 2.60. The molecule has 0 fully saturated rings. The number of methoxy groups -OCH3 is 1. The van der Waals surface area contributed by atoms with Crippen molar-refractivity contribution in [1.29, 1.82) is 0 Å². The third-order valence-corrected chi connectivity index (χ3v) is 10.8. The van der Waals surface area contributed by atoms with Crippen LogP contribution in [0, 0.1) is 0 Å². The smallest absolute Gasteiger partial charge is 0.338 e. The summed E-state index contributed by atoms with van der Waals surface area (Å²) in [6.45, 7) is 3.46. The minimum Gasteiger partial charge on any atom is -0.338 e. The van der Waals surface area contributed by atoms with Crippen molar-refractivity contribution >= 4 is 30.8 Å². The van der Waals surface area contributed by atoms with Crippen molar-refractivity contribution in [2.24, 2.45) is 0 Å². The van der Waals surface area contributed by atoms with E-state index in [0.717, 1.165) is 7.11 Å². The first-order valence-electron chi connectivity index (χ1n) is 6.23. The Morgan fingerprint density at radius 3 is 1.55 bits per heavy atom. The van der Waals surface area contributed by atoms with E-state index >= 15 is 0 Å². The van der Waals surface area contributed by atoms with Crippen LogP contribution >= 0.6 is 0 Å². The van der Waals surface area contributed by atoms with E-state index in [1.54, 1.807) is 13.8 Å². The van der Waals surface area contributed by atoms with Gasteiger partial charge in [0.2, 0.25) is 30.8 Å². The number of hydrogen-bond acceptors (Lipinski definition) is 6. The van der Waals surface area contributed by atoms with Gasteiger partial charge in [0.25, 0.3) is 0 Å². The van der Waals surface area contributed by atoms with Gasteiger partial charge >= 0.3 is 3.60 Å². The molecule has 7 nitrogen and oxygen atoms in total. The van der Waals surface area contributed by atoms with Gasteiger partial charge in [0.1, 0.15) is 0 Å². The topological polar surface area (TPSA) is 115 Å². The summed E-state index contributed by atoms with van der Waals surface area (Å²) in [5.74, 6) is -1.04. The molecule has 0 aliphatic rings. The Morgan fingerprint density at radius 2 is 1.35 bits per heavy atom. The fourth-order valence-electron chi connectivity index (χ4n) is 1.65. The zero-order chi connectivity index (χ0) is 16.0. The van der Waals surface area contributed by atoms with Crippen LogP contribution in [-0.2, 0) is 35.5 Å². The van der Waals surface area contributed by atoms with Gasteiger partial charge in [-0.25, -0.2) is 21.0 Å². The predicted octanol–water partition coefficient (Wildman–Crippen LogP) is 0.896. The van der Waals surface area contributed by atoms with Crippen LogP contribution in [0.4, 0.5) is 0 Å². The van der Waals surface area contributed by atoms with Crippen LogP contribution in [0.1, 0.15) is 39.5 Å². The summed E-state index contributed by atoms with van der Waals surface area (Å²) in [5.41, 5.74) is 0. The van der Waals surface area contributed by atoms with Crippen molar-refractivity contribution in [1.82, 2.24) is 0 Å². The minimum atomic E-state index is -4.44. The summed E-state index contributed by atoms with van der Waals surface area (Å²) in [5, 5.41) is 0. The molecule has 1 N–H and O–H groups in total. The second-order valence-corrected chi connectivity index (χ2v) is 10.6. The number of rotatable bonds is 10. The number of unbranched alkanes of at least 4 members (excludes halogenated alkanes) is 2. The van der Waals surface area contributed by atoms with Gasteiger partial charge in [0, 0.05) is 7.11 Å². The largest absolute Gasteiger partial charge is 0.371 e. The first-order valence-corrected chi connectivity index (χ1v) is 10.6. The molecule has 0 saturated heterocycles. The Morgan fingerprint density at radius 1 is 1.00 bits per heavy atom. The van der Waals surface area contributed by atoms with E-state index in [0.29, 0.717) is 12.8 Å². The molecule has 0 spiro atoms. The summed E-state index contributed by atoms with van der Waals surface area (Å²) < 4.78 is 71.3. The first-order chi connectivity index (χ1) is 9.13. The van der Waals surface area contributed by atoms with Gasteiger partial charge in [-0.05, 0) is 12.8 Å². The molecule has 0 saturated carbocycles. The van der Waals surface area contributed by atoms with Gasteiger partial charge < -0.3 is 9.29 Å². The molecule has 20 heavy (non-hydrogen) atoms. The zero-order valence-electron chi connectivity index (χ0n) is 11.9. The fourth-order valence-corrected chi connectivity index (χ4v) is 8.43. The third-order valence-electron chi connectivity index (χ3n) is 2.76. The van der Waals surface area contributed by atoms with E-state index in [1.807, 2.05) is 0 Å². The summed E-state index contributed by atoms with van der Waals surface area (Å²) in [7, 11) is -8.07. The van der Waals surface area contributed by atoms with Crippen LogP contribution in [-0.4, -0.2) is 47.8 Å². The molecular weight excluding hydrogens is 328 g/mol. The molecular formula is C10H22O7S3. The minimum absolute atomic E-state index is 0.188. The highest BCUT2D eigenvalue weighted by molar-refractivity contribution is 8.22. The van der Waals surface area contributed by atoms with Crippen molar-refractivity contribution < 1.29 is 30.3 Å². The zero-order valence-corrected chi connectivity index (χ0v) is 14.3. The summed E-state index contributed by atoms with van der Waals surface area (Å²) in [4.78, 5) is 0. The number of sulfone groups is 2. The number of hydrogen-bond donors (Lipinski definition) is 1. The van der Waals surface area contributed by atoms with Gasteiger partial charge in [-0.15, -0.1) is 0 Å². The molecule has 0 aromatic rings. The van der Waals surface area contributed by atoms with Crippen molar-refractivity contribution in [2.75, 3.05) is 18.6 Å². The average Bonchev–Trinajstić information content (AvgIpc) is 2.34. The Labute approximate surface area is 123 Å². The molecule has 0 aromatic carbocycles. The quantitative estimate of drug-likeness (QED) is 0.582. The summed E-state index contributed by atoms with van der Waals surface area (Å²) in [6, 6.07) is 0. The molecule has 0 heterocycles. The van der Waals surface area contributed by atoms with E-state index in [4.69, 9.17) is 0 Å². The van der Waals surface area contributed by atoms with E-state index in [2.05, 4.69) is 4.74 Å². The second kappa shape index (κ2) is 7.83. The van der Waals surface area contributed by atoms with Crippen molar-refractivity contribution in [3.8, 4) is 0 Å². The lowest BCUT2D eigenvalue weighted by molar-refractivity contribution is 0.182. The summed E-state index contributed by atoms with van der Waals surface area (Å²) >= 11 is -3.21. The van der Waals surface area contributed by atoms with E-state index in [-0.39, 0.29) is 12.8 Å². The van der Waals surface area contributed by atoms with Crippen molar-refractivity contribution in [3.05, 3.63) is 0 Å². The van der Waals surface area contributed by atoms with Crippen LogP contribution < -0.4 is 0 Å². The van der Waals surface area contributed by atoms with Gasteiger partial charge in [-0.2, -0.15) is 0 Å². The standard InChI is InChI=1S/C10H22O7S3/c1-4-6-8-19(13,14)10(17-3,18(11)12)20(15,16)9-7-5-2/h4-9H2,1-3H3,(H,11,12). The molecule has 1 atom stereocenters. The SMILES string of the molecule is CCCCS(=O)(=O)C(OC)(S(=O)O)S(=O)(=O)CCCC. The average molecular weight is 350 g/mol. The maximum Gasteiger partial charge on any atom is 0.371 e. The Bertz CT molecular complexity index is 483. The van der Waals surface area contributed by atoms with Gasteiger partial charge in [-0.1, -0.05) is 26.7 Å². The highest BCUT2D eigenvalue weighted by Crippen LogP contribution is 2.32. The molecule has 0 rings (SSSR count). The van der Waals surface area contributed by atoms with E-state index in [9.17, 15) is 25.6 Å². The van der Waals surface area contributed by atoms with Crippen LogP contribution in [0.25, 0.3) is 0 Å². The van der Waals surface area contributed by atoms with E-state index in [1.165, 1.54) is 0 Å². The molecule has 10 heteroatoms. The third kappa shape index (κ3) is 3.79. The normalized spacial score (nSPS) is 15.2. The second-order valence-electron chi connectivity index (χ2n) is 4.30. The monoisotopic (exact) mass is 350 g/mol. The van der Waals surface area contributed by atoms with Crippen LogP contribution in [0.3, 0.4) is 0 Å². The van der Waals surface area contributed by atoms with Crippen LogP contribution in [0.15, 0.2) is 0 Å². The molecule has 0 radical (unpaired) electrons. The molecule has 0 amide bonds. The predicted molar refractivity (Wildman–Crippen MR) is 77.9 cm³/mol. The van der Waals surface area contributed by atoms with Crippen molar-refractivity contribution in [3.63, 3.8) is 0 Å². The Balaban J connectivity index is 5.94. The Kier molecular flexibility index (Phi) is 7.82. The molecule has 1 unspecified atom stereocenters. The first kappa shape index (κ1) is 20.0. The fraction of sp³-hybridized carbons (Fsp3) is 1.00. The van der Waals surface area contributed by atoms with E-state index < -0.39 is 45.9 Å². The molecule has 0 aromatic heterocycles. The molecule has 0 aliphatic carbocycles. The van der Waals surface area contributed by atoms with Crippen LogP contribution in [0.5, 0.6) is 0 Å². The lowest BCUT2D eigenvalue weighted by Gasteiger charge is -2.27. The van der Waals surface area contributed by atoms with Gasteiger partial charge in [0.15, 0.2) is 0 Å². The maximum atomic E-state index is 12.2. The van der Waals surface area contributed by atoms with Gasteiger partial charge in [0.05, 0.1) is 11.5 Å². The molecule has 0 aliphatic heterocycles. The van der Waals surface area contributed by atoms with Gasteiger partial charge in [-0.3, -0.25) is 0 Å². The lowest BCUT2D eigenvalue weighted by atomic mass is 10.4. The number of ether oxygens (including phenoxy) is 1. The van der Waals surface area contributed by atoms with Crippen molar-refractivity contribution in [2.45, 2.75) is 43.1 Å². The van der Waals surface area contributed by atoms with Crippen LogP contribution in [0.2, 0.25) is 0 Å². The maximum absolute atomic E-state index is 12.2. The highest BCUT2D eigenvalue weighted by atomic mass is 32.3. The molecule has 122 valence electrons.